The van der Waals surface area contributed by atoms with Crippen molar-refractivity contribution >= 4 is 17.7 Å². The van der Waals surface area contributed by atoms with Crippen LogP contribution in [-0.4, -0.2) is 23.0 Å². The van der Waals surface area contributed by atoms with Gasteiger partial charge in [0.15, 0.2) is 0 Å². The second-order valence-electron chi connectivity index (χ2n) is 6.94. The van der Waals surface area contributed by atoms with E-state index in [1.165, 1.54) is 12.1 Å². The number of carbonyl (C=O) groups is 2. The summed E-state index contributed by atoms with van der Waals surface area (Å²) in [6, 6.07) is 4.65. The minimum Gasteiger partial charge on any atom is -0.459 e. The van der Waals surface area contributed by atoms with E-state index in [0.717, 1.165) is 38.5 Å². The molecule has 0 aromatic heterocycles. The van der Waals surface area contributed by atoms with Gasteiger partial charge in [-0.2, -0.15) is 0 Å². The van der Waals surface area contributed by atoms with Crippen molar-refractivity contribution in [2.75, 3.05) is 0 Å². The maximum Gasteiger partial charge on any atom is 0.338 e. The van der Waals surface area contributed by atoms with Crippen LogP contribution in [0.25, 0.3) is 0 Å². The van der Waals surface area contributed by atoms with Crippen molar-refractivity contribution in [3.8, 4) is 0 Å². The van der Waals surface area contributed by atoms with Gasteiger partial charge in [-0.1, -0.05) is 12.8 Å². The van der Waals surface area contributed by atoms with Crippen LogP contribution in [-0.2, 0) is 9.53 Å². The average Bonchev–Trinajstić information content (AvgIpc) is 2.89. The third-order valence-electron chi connectivity index (χ3n) is 5.00. The molecular weight excluding hydrogens is 350 g/mol. The quantitative estimate of drug-likeness (QED) is 0.363. The van der Waals surface area contributed by atoms with E-state index in [9.17, 15) is 19.7 Å². The van der Waals surface area contributed by atoms with Gasteiger partial charge in [0.1, 0.15) is 6.10 Å². The Kier molecular flexibility index (Phi) is 5.73. The van der Waals surface area contributed by atoms with Crippen LogP contribution >= 0.6 is 0 Å². The van der Waals surface area contributed by atoms with Crippen LogP contribution in [0.1, 0.15) is 57.1 Å². The summed E-state index contributed by atoms with van der Waals surface area (Å²) in [5, 5.41) is 16.2. The summed E-state index contributed by atoms with van der Waals surface area (Å²) in [5.41, 5.74) is 1.29. The van der Waals surface area contributed by atoms with E-state index in [1.54, 1.807) is 19.1 Å². The van der Waals surface area contributed by atoms with Crippen LogP contribution in [0, 0.1) is 10.1 Å². The normalized spacial score (nSPS) is 21.1. The maximum absolute atomic E-state index is 12.9. The minimum atomic E-state index is -0.710. The molecule has 0 radical (unpaired) electrons. The largest absolute Gasteiger partial charge is 0.459 e. The molecule has 27 heavy (non-hydrogen) atoms. The summed E-state index contributed by atoms with van der Waals surface area (Å²) < 4.78 is 5.73. The Labute approximate surface area is 157 Å². The summed E-state index contributed by atoms with van der Waals surface area (Å²) in [4.78, 5) is 35.2. The molecule has 0 saturated heterocycles. The molecule has 1 aliphatic carbocycles. The Morgan fingerprint density at radius 1 is 1.15 bits per heavy atom. The van der Waals surface area contributed by atoms with E-state index in [-0.39, 0.29) is 11.8 Å². The molecule has 1 aliphatic heterocycles. The van der Waals surface area contributed by atoms with Gasteiger partial charge in [-0.15, -0.1) is 0 Å². The van der Waals surface area contributed by atoms with Gasteiger partial charge in [-0.05, 0) is 50.3 Å². The van der Waals surface area contributed by atoms with Crippen molar-refractivity contribution in [2.24, 2.45) is 0 Å². The van der Waals surface area contributed by atoms with Crippen molar-refractivity contribution in [1.29, 1.82) is 0 Å². The van der Waals surface area contributed by atoms with E-state index in [2.05, 4.69) is 10.6 Å². The molecule has 1 fully saturated rings. The van der Waals surface area contributed by atoms with Crippen molar-refractivity contribution < 1.29 is 19.2 Å². The molecule has 1 atom stereocenters. The molecule has 1 heterocycles. The molecule has 0 spiro atoms. The number of nitro benzene ring substituents is 1. The molecule has 144 valence electrons. The smallest absolute Gasteiger partial charge is 0.338 e. The zero-order valence-electron chi connectivity index (χ0n) is 15.2. The van der Waals surface area contributed by atoms with Gasteiger partial charge >= 0.3 is 12.0 Å². The first-order valence-electron chi connectivity index (χ1n) is 9.19. The van der Waals surface area contributed by atoms with Crippen molar-refractivity contribution in [3.63, 3.8) is 0 Å². The zero-order valence-corrected chi connectivity index (χ0v) is 15.2. The van der Waals surface area contributed by atoms with Crippen LogP contribution in [0.3, 0.4) is 0 Å². The second-order valence-corrected chi connectivity index (χ2v) is 6.94. The second kappa shape index (κ2) is 8.20. The molecule has 1 aromatic rings. The lowest BCUT2D eigenvalue weighted by Crippen LogP contribution is -2.45. The number of non-ortho nitro benzene ring substituents is 1. The van der Waals surface area contributed by atoms with E-state index in [4.69, 9.17) is 4.74 Å². The number of hydrogen-bond acceptors (Lipinski definition) is 5. The molecule has 2 N–H and O–H groups in total. The standard InChI is InChI=1S/C19H23N3O5/c1-12-16(18(23)27-15-6-4-2-3-5-7-15)17(21-19(24)20-12)13-8-10-14(11-9-13)22(25)26/h8-11,15,17H,2-7H2,1H3,(H2,20,21,24). The van der Waals surface area contributed by atoms with Gasteiger partial charge in [-0.3, -0.25) is 10.1 Å². The number of ether oxygens (including phenoxy) is 1. The highest BCUT2D eigenvalue weighted by atomic mass is 16.6. The van der Waals surface area contributed by atoms with E-state index >= 15 is 0 Å². The van der Waals surface area contributed by atoms with Crippen LogP contribution < -0.4 is 10.6 Å². The highest BCUT2D eigenvalue weighted by molar-refractivity contribution is 5.95. The molecular formula is C19H23N3O5. The fraction of sp³-hybridized carbons (Fsp3) is 0.474. The molecule has 1 aromatic carbocycles. The fourth-order valence-corrected chi connectivity index (χ4v) is 3.58. The van der Waals surface area contributed by atoms with Crippen LogP contribution in [0.2, 0.25) is 0 Å². The first-order chi connectivity index (χ1) is 13.0. The molecule has 3 rings (SSSR count). The average molecular weight is 373 g/mol. The molecule has 1 saturated carbocycles. The molecule has 8 nitrogen and oxygen atoms in total. The molecule has 2 amide bonds. The minimum absolute atomic E-state index is 0.0534. The van der Waals surface area contributed by atoms with E-state index in [1.807, 2.05) is 0 Å². The predicted molar refractivity (Wildman–Crippen MR) is 97.8 cm³/mol. The predicted octanol–water partition coefficient (Wildman–Crippen LogP) is 3.49. The summed E-state index contributed by atoms with van der Waals surface area (Å²) in [6.07, 6.45) is 5.96. The number of allylic oxidation sites excluding steroid dienone is 1. The number of rotatable bonds is 4. The number of nitrogens with zero attached hydrogens (tertiary/aromatic N) is 1. The van der Waals surface area contributed by atoms with E-state index in [0.29, 0.717) is 16.8 Å². The maximum atomic E-state index is 12.9. The third-order valence-corrected chi connectivity index (χ3v) is 5.00. The number of nitrogens with one attached hydrogen (secondary N) is 2. The Morgan fingerprint density at radius 3 is 2.37 bits per heavy atom. The van der Waals surface area contributed by atoms with Gasteiger partial charge in [0.05, 0.1) is 16.5 Å². The molecule has 0 bridgehead atoms. The summed E-state index contributed by atoms with van der Waals surface area (Å²) in [5.74, 6) is -0.463. The number of amides is 2. The Hall–Kier alpha value is -2.90. The van der Waals surface area contributed by atoms with Crippen LogP contribution in [0.4, 0.5) is 10.5 Å². The first kappa shape index (κ1) is 18.9. The van der Waals surface area contributed by atoms with Gasteiger partial charge < -0.3 is 15.4 Å². The van der Waals surface area contributed by atoms with Crippen molar-refractivity contribution in [2.45, 2.75) is 57.6 Å². The molecule has 1 unspecified atom stereocenters. The zero-order chi connectivity index (χ0) is 19.4. The summed E-state index contributed by atoms with van der Waals surface area (Å²) >= 11 is 0. The van der Waals surface area contributed by atoms with Crippen molar-refractivity contribution in [1.82, 2.24) is 10.6 Å². The number of hydrogen-bond donors (Lipinski definition) is 2. The Morgan fingerprint density at radius 2 is 1.78 bits per heavy atom. The third kappa shape index (κ3) is 4.45. The Bertz CT molecular complexity index is 764. The summed E-state index contributed by atoms with van der Waals surface area (Å²) in [7, 11) is 0. The number of nitro groups is 1. The highest BCUT2D eigenvalue weighted by Gasteiger charge is 2.33. The molecule has 2 aliphatic rings. The van der Waals surface area contributed by atoms with Gasteiger partial charge in [0.2, 0.25) is 0 Å². The fourth-order valence-electron chi connectivity index (χ4n) is 3.58. The molecule has 8 heteroatoms. The van der Waals surface area contributed by atoms with Gasteiger partial charge in [0, 0.05) is 17.8 Å². The van der Waals surface area contributed by atoms with Gasteiger partial charge in [0.25, 0.3) is 5.69 Å². The summed E-state index contributed by atoms with van der Waals surface area (Å²) in [6.45, 7) is 1.65. The van der Waals surface area contributed by atoms with E-state index < -0.39 is 23.0 Å². The first-order valence-corrected chi connectivity index (χ1v) is 9.19. The van der Waals surface area contributed by atoms with Gasteiger partial charge in [-0.25, -0.2) is 9.59 Å². The van der Waals surface area contributed by atoms with Crippen LogP contribution in [0.15, 0.2) is 35.5 Å². The number of urea groups is 1. The lowest BCUT2D eigenvalue weighted by Gasteiger charge is -2.29. The monoisotopic (exact) mass is 373 g/mol. The lowest BCUT2D eigenvalue weighted by molar-refractivity contribution is -0.384. The number of benzene rings is 1. The lowest BCUT2D eigenvalue weighted by atomic mass is 9.95. The SMILES string of the molecule is CC1=C(C(=O)OC2CCCCCC2)C(c2ccc([N+](=O)[O-])cc2)NC(=O)N1. The van der Waals surface area contributed by atoms with Crippen molar-refractivity contribution in [3.05, 3.63) is 51.2 Å². The number of carbonyl (C=O) groups excluding carboxylic acids is 2. The van der Waals surface area contributed by atoms with Crippen LogP contribution in [0.5, 0.6) is 0 Å². The highest BCUT2D eigenvalue weighted by Crippen LogP contribution is 2.30. The topological polar surface area (TPSA) is 111 Å². The number of esters is 1. The Balaban J connectivity index is 1.84.